The van der Waals surface area contributed by atoms with Crippen LogP contribution in [0.3, 0.4) is 0 Å². The van der Waals surface area contributed by atoms with Crippen molar-refractivity contribution in [2.24, 2.45) is 5.73 Å². The summed E-state index contributed by atoms with van der Waals surface area (Å²) in [5.74, 6) is 0.613. The maximum absolute atomic E-state index is 5.90. The number of benzene rings is 1. The van der Waals surface area contributed by atoms with Crippen LogP contribution in [0.4, 0.5) is 5.69 Å². The number of nitrogens with one attached hydrogen (secondary N) is 2. The molecule has 0 fully saturated rings. The standard InChI is InChI=1S/C12H17N3/c1-3-7-11(14-2)12(13)15-10-8-5-4-6-9-10/h3-9,14-15H,13H2,1-2H3/b7-3-,12-11-. The van der Waals surface area contributed by atoms with Gasteiger partial charge in [0.25, 0.3) is 0 Å². The van der Waals surface area contributed by atoms with Crippen molar-refractivity contribution >= 4 is 5.69 Å². The van der Waals surface area contributed by atoms with Gasteiger partial charge in [0.1, 0.15) is 5.82 Å². The number of anilines is 1. The van der Waals surface area contributed by atoms with Crippen molar-refractivity contribution < 1.29 is 0 Å². The molecule has 4 N–H and O–H groups in total. The van der Waals surface area contributed by atoms with Crippen LogP contribution in [0.15, 0.2) is 54.0 Å². The van der Waals surface area contributed by atoms with E-state index in [0.29, 0.717) is 5.82 Å². The van der Waals surface area contributed by atoms with E-state index in [4.69, 9.17) is 5.73 Å². The predicted molar refractivity (Wildman–Crippen MR) is 65.2 cm³/mol. The molecule has 1 rings (SSSR count). The van der Waals surface area contributed by atoms with Crippen molar-refractivity contribution in [1.29, 1.82) is 0 Å². The Morgan fingerprint density at radius 3 is 2.47 bits per heavy atom. The third-order valence-electron chi connectivity index (χ3n) is 1.95. The summed E-state index contributed by atoms with van der Waals surface area (Å²) in [6, 6.07) is 9.83. The minimum Gasteiger partial charge on any atom is -0.385 e. The van der Waals surface area contributed by atoms with Gasteiger partial charge in [0.05, 0.1) is 5.70 Å². The average Bonchev–Trinajstić information content (AvgIpc) is 2.27. The Morgan fingerprint density at radius 1 is 1.27 bits per heavy atom. The van der Waals surface area contributed by atoms with Gasteiger partial charge in [0.2, 0.25) is 0 Å². The highest BCUT2D eigenvalue weighted by Crippen LogP contribution is 2.08. The molecule has 0 amide bonds. The molecule has 1 aromatic carbocycles. The van der Waals surface area contributed by atoms with Gasteiger partial charge in [-0.3, -0.25) is 0 Å². The number of para-hydroxylation sites is 1. The first-order chi connectivity index (χ1) is 7.27. The molecule has 0 saturated carbocycles. The van der Waals surface area contributed by atoms with Crippen LogP contribution in [-0.2, 0) is 0 Å². The molecule has 1 aromatic rings. The fourth-order valence-electron chi connectivity index (χ4n) is 1.22. The second kappa shape index (κ2) is 5.75. The van der Waals surface area contributed by atoms with E-state index >= 15 is 0 Å². The second-order valence-electron chi connectivity index (χ2n) is 3.07. The van der Waals surface area contributed by atoms with Crippen molar-refractivity contribution in [3.05, 3.63) is 54.0 Å². The molecule has 15 heavy (non-hydrogen) atoms. The van der Waals surface area contributed by atoms with Crippen LogP contribution in [0.2, 0.25) is 0 Å². The molecular formula is C12H17N3. The van der Waals surface area contributed by atoms with Gasteiger partial charge in [-0.1, -0.05) is 24.3 Å². The number of hydrogen-bond acceptors (Lipinski definition) is 3. The molecule has 0 aliphatic heterocycles. The number of likely N-dealkylation sites (N-methyl/N-ethyl adjacent to an activating group) is 1. The Hall–Kier alpha value is -1.90. The summed E-state index contributed by atoms with van der Waals surface area (Å²) >= 11 is 0. The van der Waals surface area contributed by atoms with Crippen molar-refractivity contribution in [1.82, 2.24) is 5.32 Å². The summed E-state index contributed by atoms with van der Waals surface area (Å²) in [7, 11) is 1.84. The molecule has 0 bridgehead atoms. The molecule has 0 unspecified atom stereocenters. The van der Waals surface area contributed by atoms with Crippen LogP contribution in [0.1, 0.15) is 6.92 Å². The maximum atomic E-state index is 5.90. The minimum atomic E-state index is 0.613. The molecule has 3 nitrogen and oxygen atoms in total. The number of nitrogens with two attached hydrogens (primary N) is 1. The van der Waals surface area contributed by atoms with Gasteiger partial charge >= 0.3 is 0 Å². The molecule has 0 atom stereocenters. The molecule has 0 radical (unpaired) electrons. The van der Waals surface area contributed by atoms with Crippen LogP contribution in [0, 0.1) is 0 Å². The first-order valence-electron chi connectivity index (χ1n) is 4.90. The third kappa shape index (κ3) is 3.38. The second-order valence-corrected chi connectivity index (χ2v) is 3.07. The minimum absolute atomic E-state index is 0.613. The molecule has 0 aromatic heterocycles. The largest absolute Gasteiger partial charge is 0.385 e. The summed E-state index contributed by atoms with van der Waals surface area (Å²) < 4.78 is 0. The van der Waals surface area contributed by atoms with E-state index in [1.54, 1.807) is 0 Å². The fourth-order valence-corrected chi connectivity index (χ4v) is 1.22. The Bertz CT molecular complexity index is 352. The average molecular weight is 203 g/mol. The SMILES string of the molecule is C/C=C\C(NC)=C(/N)Nc1ccccc1. The Labute approximate surface area is 90.7 Å². The van der Waals surface area contributed by atoms with Crippen molar-refractivity contribution in [3.8, 4) is 0 Å². The normalized spacial score (nSPS) is 12.4. The zero-order valence-corrected chi connectivity index (χ0v) is 9.12. The van der Waals surface area contributed by atoms with Gasteiger partial charge in [-0.15, -0.1) is 0 Å². The van der Waals surface area contributed by atoms with Gasteiger partial charge in [-0.25, -0.2) is 0 Å². The van der Waals surface area contributed by atoms with E-state index in [0.717, 1.165) is 11.4 Å². The molecule has 0 saturated heterocycles. The number of allylic oxidation sites excluding steroid dienone is 2. The molecule has 0 aliphatic carbocycles. The van der Waals surface area contributed by atoms with Gasteiger partial charge < -0.3 is 16.4 Å². The maximum Gasteiger partial charge on any atom is 0.124 e. The lowest BCUT2D eigenvalue weighted by Gasteiger charge is -2.10. The number of rotatable bonds is 4. The highest BCUT2D eigenvalue weighted by atomic mass is 15.0. The molecule has 80 valence electrons. The lowest BCUT2D eigenvalue weighted by molar-refractivity contribution is 0.992. The van der Waals surface area contributed by atoms with Crippen LogP contribution in [0.25, 0.3) is 0 Å². The zero-order valence-electron chi connectivity index (χ0n) is 9.12. The lowest BCUT2D eigenvalue weighted by atomic mass is 10.3. The van der Waals surface area contributed by atoms with E-state index < -0.39 is 0 Å². The van der Waals surface area contributed by atoms with Crippen LogP contribution in [0.5, 0.6) is 0 Å². The fraction of sp³-hybridized carbons (Fsp3) is 0.167. The first-order valence-corrected chi connectivity index (χ1v) is 4.90. The molecule has 3 heteroatoms. The van der Waals surface area contributed by atoms with Crippen molar-refractivity contribution in [3.63, 3.8) is 0 Å². The van der Waals surface area contributed by atoms with Crippen molar-refractivity contribution in [2.45, 2.75) is 6.92 Å². The molecule has 0 heterocycles. The number of hydrogen-bond donors (Lipinski definition) is 3. The van der Waals surface area contributed by atoms with Crippen LogP contribution < -0.4 is 16.4 Å². The summed E-state index contributed by atoms with van der Waals surface area (Å²) in [6.07, 6.45) is 3.86. The van der Waals surface area contributed by atoms with E-state index in [1.165, 1.54) is 0 Å². The molecule has 0 aliphatic rings. The molecule has 0 spiro atoms. The Balaban J connectivity index is 2.81. The van der Waals surface area contributed by atoms with Crippen LogP contribution >= 0.6 is 0 Å². The first kappa shape index (κ1) is 11.2. The van der Waals surface area contributed by atoms with Crippen LogP contribution in [-0.4, -0.2) is 7.05 Å². The smallest absolute Gasteiger partial charge is 0.124 e. The Morgan fingerprint density at radius 2 is 1.93 bits per heavy atom. The highest BCUT2D eigenvalue weighted by Gasteiger charge is 1.97. The van der Waals surface area contributed by atoms with E-state index in [9.17, 15) is 0 Å². The summed E-state index contributed by atoms with van der Waals surface area (Å²) in [5.41, 5.74) is 7.76. The Kier molecular flexibility index (Phi) is 4.29. The van der Waals surface area contributed by atoms with E-state index in [1.807, 2.05) is 56.5 Å². The van der Waals surface area contributed by atoms with Gasteiger partial charge in [-0.05, 0) is 25.1 Å². The summed E-state index contributed by atoms with van der Waals surface area (Å²) in [6.45, 7) is 1.95. The molecular weight excluding hydrogens is 186 g/mol. The topological polar surface area (TPSA) is 50.1 Å². The van der Waals surface area contributed by atoms with E-state index in [2.05, 4.69) is 10.6 Å². The van der Waals surface area contributed by atoms with Gasteiger partial charge in [-0.2, -0.15) is 0 Å². The van der Waals surface area contributed by atoms with Gasteiger partial charge in [0, 0.05) is 12.7 Å². The lowest BCUT2D eigenvalue weighted by Crippen LogP contribution is -2.18. The summed E-state index contributed by atoms with van der Waals surface area (Å²) in [5, 5.41) is 6.15. The third-order valence-corrected chi connectivity index (χ3v) is 1.95. The van der Waals surface area contributed by atoms with Crippen molar-refractivity contribution in [2.75, 3.05) is 12.4 Å². The van der Waals surface area contributed by atoms with Gasteiger partial charge in [0.15, 0.2) is 0 Å². The predicted octanol–water partition coefficient (Wildman–Crippen LogP) is 2.02. The summed E-state index contributed by atoms with van der Waals surface area (Å²) in [4.78, 5) is 0. The monoisotopic (exact) mass is 203 g/mol. The zero-order chi connectivity index (χ0) is 11.1. The van der Waals surface area contributed by atoms with E-state index in [-0.39, 0.29) is 0 Å². The highest BCUT2D eigenvalue weighted by molar-refractivity contribution is 5.48. The quantitative estimate of drug-likeness (QED) is 0.656.